The Kier molecular flexibility index (Phi) is 15.0. The highest BCUT2D eigenvalue weighted by Crippen LogP contribution is 2.21. The Labute approximate surface area is 272 Å². The molecule has 0 radical (unpaired) electrons. The number of unbranched alkanes of at least 4 members (excludes halogenated alkanes) is 1. The fourth-order valence-corrected chi connectivity index (χ4v) is 5.36. The number of hydrogen-bond donors (Lipinski definition) is 2. The lowest BCUT2D eigenvalue weighted by Crippen LogP contribution is -2.49. The van der Waals surface area contributed by atoms with Crippen LogP contribution >= 0.6 is 24.2 Å². The number of ether oxygens (including phenoxy) is 2. The highest BCUT2D eigenvalue weighted by Gasteiger charge is 2.28. The molecule has 2 N–H and O–H groups in total. The number of nitrogens with two attached hydrogens (primary N) is 1. The lowest BCUT2D eigenvalue weighted by Gasteiger charge is -2.35. The van der Waals surface area contributed by atoms with Gasteiger partial charge in [0.1, 0.15) is 6.04 Å². The van der Waals surface area contributed by atoms with Gasteiger partial charge in [-0.15, -0.1) is 0 Å². The number of carbonyl (C=O) groups is 3. The summed E-state index contributed by atoms with van der Waals surface area (Å²) in [5, 5.41) is -0.0826. The van der Waals surface area contributed by atoms with E-state index in [9.17, 15) is 14.4 Å². The molecule has 0 saturated carbocycles. The molecule has 2 atom stereocenters. The van der Waals surface area contributed by atoms with Crippen LogP contribution in [0.3, 0.4) is 0 Å². The average Bonchev–Trinajstić information content (AvgIpc) is 3.02. The third-order valence-electron chi connectivity index (χ3n) is 7.55. The third-order valence-corrected chi connectivity index (χ3v) is 8.24. The fourth-order valence-electron chi connectivity index (χ4n) is 4.87. The van der Waals surface area contributed by atoms with Gasteiger partial charge in [0.15, 0.2) is 0 Å². The van der Waals surface area contributed by atoms with Crippen LogP contribution in [0, 0.1) is 0 Å². The van der Waals surface area contributed by atoms with Gasteiger partial charge in [0.05, 0.1) is 24.6 Å². The van der Waals surface area contributed by atoms with Crippen LogP contribution in [0.15, 0.2) is 48.5 Å². The van der Waals surface area contributed by atoms with Crippen molar-refractivity contribution in [2.24, 2.45) is 5.73 Å². The fraction of sp³-hybridized carbons (Fsp3) is 0.545. The molecule has 11 heteroatoms. The smallest absolute Gasteiger partial charge is 0.322 e. The van der Waals surface area contributed by atoms with Crippen molar-refractivity contribution in [2.75, 3.05) is 57.4 Å². The Morgan fingerprint density at radius 1 is 1.00 bits per heavy atom. The van der Waals surface area contributed by atoms with Crippen LogP contribution in [0.5, 0.6) is 0 Å². The number of esters is 1. The number of anilines is 1. The van der Waals surface area contributed by atoms with Gasteiger partial charge in [-0.25, -0.2) is 0 Å². The standard InChI is InChI=1S/C33H47ClN4O5S/c1-4-5-21-43-33(41)29(35)23-30(44)32(40)38(20-22-42-24(2)3)28-12-8-26(9-13-28)31(39)37-18-16-36(17-19-37)15-14-25-6-10-27(34)11-7-25/h6-13,24,29-30,44H,4-5,14-23,35H2,1-3H3/t29?,30-/m1/s1. The summed E-state index contributed by atoms with van der Waals surface area (Å²) in [5.41, 5.74) is 8.45. The van der Waals surface area contributed by atoms with Gasteiger partial charge in [0.25, 0.3) is 5.91 Å². The first-order valence-electron chi connectivity index (χ1n) is 15.5. The van der Waals surface area contributed by atoms with Gasteiger partial charge in [-0.05, 0) is 75.1 Å². The highest BCUT2D eigenvalue weighted by atomic mass is 35.5. The van der Waals surface area contributed by atoms with E-state index in [-0.39, 0.29) is 30.9 Å². The monoisotopic (exact) mass is 646 g/mol. The van der Waals surface area contributed by atoms with Crippen LogP contribution in [-0.2, 0) is 25.5 Å². The molecular weight excluding hydrogens is 600 g/mol. The van der Waals surface area contributed by atoms with Crippen molar-refractivity contribution in [3.8, 4) is 0 Å². The molecule has 2 aromatic rings. The Morgan fingerprint density at radius 2 is 1.66 bits per heavy atom. The molecule has 1 fully saturated rings. The molecule has 1 heterocycles. The molecule has 9 nitrogen and oxygen atoms in total. The summed E-state index contributed by atoms with van der Waals surface area (Å²) >= 11 is 10.5. The number of nitrogens with zero attached hydrogens (tertiary/aromatic N) is 3. The number of thiol groups is 1. The summed E-state index contributed by atoms with van der Waals surface area (Å²) in [6.45, 7) is 10.6. The first kappa shape index (κ1) is 35.8. The second-order valence-corrected chi connectivity index (χ2v) is 12.4. The number of hydrogen-bond acceptors (Lipinski definition) is 8. The van der Waals surface area contributed by atoms with Crippen molar-refractivity contribution < 1.29 is 23.9 Å². The highest BCUT2D eigenvalue weighted by molar-refractivity contribution is 7.81. The maximum atomic E-state index is 13.5. The minimum Gasteiger partial charge on any atom is -0.465 e. The van der Waals surface area contributed by atoms with Crippen LogP contribution in [-0.4, -0.2) is 97.5 Å². The maximum Gasteiger partial charge on any atom is 0.322 e. The maximum absolute atomic E-state index is 13.5. The Balaban J connectivity index is 1.58. The number of rotatable bonds is 16. The molecule has 44 heavy (non-hydrogen) atoms. The van der Waals surface area contributed by atoms with E-state index in [4.69, 9.17) is 26.8 Å². The first-order valence-corrected chi connectivity index (χ1v) is 16.4. The van der Waals surface area contributed by atoms with Gasteiger partial charge < -0.3 is 25.0 Å². The van der Waals surface area contributed by atoms with E-state index in [1.165, 1.54) is 5.56 Å². The lowest BCUT2D eigenvalue weighted by molar-refractivity contribution is -0.145. The number of carbonyl (C=O) groups excluding carboxylic acids is 3. The van der Waals surface area contributed by atoms with E-state index in [0.717, 1.165) is 43.9 Å². The van der Waals surface area contributed by atoms with Crippen molar-refractivity contribution in [3.05, 3.63) is 64.7 Å². The summed E-state index contributed by atoms with van der Waals surface area (Å²) in [6, 6.07) is 14.0. The van der Waals surface area contributed by atoms with Crippen LogP contribution in [0.1, 0.15) is 56.0 Å². The van der Waals surface area contributed by atoms with E-state index < -0.39 is 17.3 Å². The molecule has 0 spiro atoms. The van der Waals surface area contributed by atoms with Crippen molar-refractivity contribution in [2.45, 2.75) is 63.9 Å². The number of amides is 2. The van der Waals surface area contributed by atoms with E-state index in [1.807, 2.05) is 37.8 Å². The van der Waals surface area contributed by atoms with Crippen molar-refractivity contribution in [3.63, 3.8) is 0 Å². The van der Waals surface area contributed by atoms with Gasteiger partial charge in [-0.3, -0.25) is 19.3 Å². The molecule has 2 amide bonds. The largest absolute Gasteiger partial charge is 0.465 e. The van der Waals surface area contributed by atoms with E-state index in [2.05, 4.69) is 29.7 Å². The molecule has 1 saturated heterocycles. The lowest BCUT2D eigenvalue weighted by atomic mass is 10.1. The zero-order chi connectivity index (χ0) is 32.1. The van der Waals surface area contributed by atoms with Gasteiger partial charge in [-0.2, -0.15) is 12.6 Å². The second kappa shape index (κ2) is 18.4. The summed E-state index contributed by atoms with van der Waals surface area (Å²) in [6.07, 6.45) is 2.63. The molecule has 242 valence electrons. The Morgan fingerprint density at radius 3 is 2.27 bits per heavy atom. The number of halogens is 1. The quantitative estimate of drug-likeness (QED) is 0.158. The summed E-state index contributed by atoms with van der Waals surface area (Å²) < 4.78 is 10.9. The van der Waals surface area contributed by atoms with Gasteiger partial charge in [-0.1, -0.05) is 37.1 Å². The average molecular weight is 647 g/mol. The molecule has 3 rings (SSSR count). The predicted molar refractivity (Wildman–Crippen MR) is 179 cm³/mol. The van der Waals surface area contributed by atoms with E-state index in [1.54, 1.807) is 29.2 Å². The van der Waals surface area contributed by atoms with E-state index in [0.29, 0.717) is 37.6 Å². The number of benzene rings is 2. The molecular formula is C33H47ClN4O5S. The first-order chi connectivity index (χ1) is 21.1. The minimum absolute atomic E-state index is 0.00274. The normalized spacial score (nSPS) is 15.2. The molecule has 0 aliphatic carbocycles. The zero-order valence-corrected chi connectivity index (χ0v) is 27.8. The van der Waals surface area contributed by atoms with Crippen molar-refractivity contribution >= 4 is 47.7 Å². The van der Waals surface area contributed by atoms with E-state index >= 15 is 0 Å². The van der Waals surface area contributed by atoms with Gasteiger partial charge >= 0.3 is 5.97 Å². The molecule has 1 aliphatic heterocycles. The molecule has 0 aromatic heterocycles. The van der Waals surface area contributed by atoms with Crippen LogP contribution in [0.2, 0.25) is 5.02 Å². The molecule has 0 bridgehead atoms. The third kappa shape index (κ3) is 11.4. The zero-order valence-electron chi connectivity index (χ0n) is 26.1. The summed E-state index contributed by atoms with van der Waals surface area (Å²) in [7, 11) is 0. The summed E-state index contributed by atoms with van der Waals surface area (Å²) in [5.74, 6) is -0.869. The second-order valence-electron chi connectivity index (χ2n) is 11.3. The number of piperazine rings is 1. The summed E-state index contributed by atoms with van der Waals surface area (Å²) in [4.78, 5) is 44.8. The Hall–Kier alpha value is -2.63. The van der Waals surface area contributed by atoms with Crippen LogP contribution < -0.4 is 10.6 Å². The van der Waals surface area contributed by atoms with Crippen molar-refractivity contribution in [1.82, 2.24) is 9.80 Å². The molecule has 1 unspecified atom stereocenters. The van der Waals surface area contributed by atoms with Gasteiger partial charge in [0.2, 0.25) is 5.91 Å². The van der Waals surface area contributed by atoms with Crippen LogP contribution in [0.4, 0.5) is 5.69 Å². The molecule has 1 aliphatic rings. The minimum atomic E-state index is -0.954. The SMILES string of the molecule is CCCCOC(=O)C(N)C[C@@H](S)C(=O)N(CCOC(C)C)c1ccc(C(=O)N2CCN(CCc3ccc(Cl)cc3)CC2)cc1. The van der Waals surface area contributed by atoms with Gasteiger partial charge in [0, 0.05) is 55.5 Å². The topological polar surface area (TPSA) is 105 Å². The predicted octanol–water partition coefficient (Wildman–Crippen LogP) is 4.46. The van der Waals surface area contributed by atoms with Crippen molar-refractivity contribution in [1.29, 1.82) is 0 Å². The Bertz CT molecular complexity index is 1190. The molecule has 2 aromatic carbocycles. The van der Waals surface area contributed by atoms with Crippen LogP contribution in [0.25, 0.3) is 0 Å².